The molecule has 5 nitrogen and oxygen atoms in total. The molecule has 0 aliphatic rings. The molecule has 1 N–H and O–H groups in total. The van der Waals surface area contributed by atoms with Crippen LogP contribution in [0.15, 0.2) is 36.4 Å². The Bertz CT molecular complexity index is 526. The lowest BCUT2D eigenvalue weighted by Crippen LogP contribution is -2.35. The normalized spacial score (nSPS) is 9.86. The van der Waals surface area contributed by atoms with E-state index in [2.05, 4.69) is 11.9 Å². The zero-order valence-electron chi connectivity index (χ0n) is 12.8. The van der Waals surface area contributed by atoms with Crippen LogP contribution in [-0.4, -0.2) is 36.6 Å². The van der Waals surface area contributed by atoms with E-state index < -0.39 is 5.97 Å². The average Bonchev–Trinajstić information content (AvgIpc) is 2.45. The summed E-state index contributed by atoms with van der Waals surface area (Å²) in [6.07, 6.45) is 0. The largest absolute Gasteiger partial charge is 0.462 e. The van der Waals surface area contributed by atoms with Gasteiger partial charge in [0.05, 0.1) is 12.2 Å². The molecular weight excluding hydrogens is 268 g/mol. The lowest BCUT2D eigenvalue weighted by atomic mass is 10.2. The molecule has 1 aromatic rings. The second-order valence-electron chi connectivity index (χ2n) is 4.70. The number of nitrogens with zero attached hydrogens (tertiary/aromatic N) is 1. The summed E-state index contributed by atoms with van der Waals surface area (Å²) in [5, 5.41) is 2.77. The van der Waals surface area contributed by atoms with Gasteiger partial charge in [0.25, 0.3) is 0 Å². The molecule has 21 heavy (non-hydrogen) atoms. The Balaban J connectivity index is 2.78. The van der Waals surface area contributed by atoms with Crippen molar-refractivity contribution in [3.05, 3.63) is 42.0 Å². The van der Waals surface area contributed by atoms with Crippen LogP contribution in [-0.2, 0) is 4.74 Å². The van der Waals surface area contributed by atoms with Crippen LogP contribution in [0.5, 0.6) is 0 Å². The van der Waals surface area contributed by atoms with Crippen LogP contribution in [0, 0.1) is 0 Å². The zero-order chi connectivity index (χ0) is 15.8. The lowest BCUT2D eigenvalue weighted by molar-refractivity contribution is 0.0526. The SMILES string of the molecule is C=C(C)CN(CC)C(=O)Nc1cccc(C(=O)OCC)c1. The van der Waals surface area contributed by atoms with Crippen molar-refractivity contribution < 1.29 is 14.3 Å². The summed E-state index contributed by atoms with van der Waals surface area (Å²) >= 11 is 0. The Hall–Kier alpha value is -2.30. The monoisotopic (exact) mass is 290 g/mol. The summed E-state index contributed by atoms with van der Waals surface area (Å²) in [7, 11) is 0. The van der Waals surface area contributed by atoms with Gasteiger partial charge in [0.2, 0.25) is 0 Å². The maximum Gasteiger partial charge on any atom is 0.338 e. The van der Waals surface area contributed by atoms with E-state index in [4.69, 9.17) is 4.74 Å². The number of rotatable bonds is 6. The van der Waals surface area contributed by atoms with E-state index in [-0.39, 0.29) is 6.03 Å². The van der Waals surface area contributed by atoms with Gasteiger partial charge in [-0.2, -0.15) is 0 Å². The number of nitrogens with one attached hydrogen (secondary N) is 1. The Morgan fingerprint density at radius 1 is 1.33 bits per heavy atom. The van der Waals surface area contributed by atoms with Gasteiger partial charge < -0.3 is 15.0 Å². The van der Waals surface area contributed by atoms with E-state index >= 15 is 0 Å². The van der Waals surface area contributed by atoms with Gasteiger partial charge in [-0.05, 0) is 39.0 Å². The molecule has 0 spiro atoms. The van der Waals surface area contributed by atoms with Crippen molar-refractivity contribution in [3.63, 3.8) is 0 Å². The summed E-state index contributed by atoms with van der Waals surface area (Å²) in [4.78, 5) is 25.4. The third-order valence-electron chi connectivity index (χ3n) is 2.75. The first-order valence-electron chi connectivity index (χ1n) is 6.95. The predicted octanol–water partition coefficient (Wildman–Crippen LogP) is 3.29. The van der Waals surface area contributed by atoms with Crippen molar-refractivity contribution in [1.29, 1.82) is 0 Å². The summed E-state index contributed by atoms with van der Waals surface area (Å²) in [6, 6.07) is 6.47. The molecule has 0 saturated heterocycles. The number of urea groups is 1. The molecule has 0 saturated carbocycles. The number of benzene rings is 1. The number of likely N-dealkylation sites (N-methyl/N-ethyl adjacent to an activating group) is 1. The Kier molecular flexibility index (Phi) is 6.46. The Morgan fingerprint density at radius 2 is 2.05 bits per heavy atom. The molecule has 0 radical (unpaired) electrons. The number of hydrogen-bond donors (Lipinski definition) is 1. The molecule has 0 fully saturated rings. The maximum atomic E-state index is 12.1. The van der Waals surface area contributed by atoms with Gasteiger partial charge >= 0.3 is 12.0 Å². The number of carbonyl (C=O) groups is 2. The fraction of sp³-hybridized carbons (Fsp3) is 0.375. The second kappa shape index (κ2) is 8.09. The standard InChI is InChI=1S/C16H22N2O3/c1-5-18(11-12(3)4)16(20)17-14-9-7-8-13(10-14)15(19)21-6-2/h7-10H,3,5-6,11H2,1-2,4H3,(H,17,20). The molecule has 0 bridgehead atoms. The quantitative estimate of drug-likeness (QED) is 0.646. The molecule has 0 aliphatic carbocycles. The third-order valence-corrected chi connectivity index (χ3v) is 2.75. The second-order valence-corrected chi connectivity index (χ2v) is 4.70. The highest BCUT2D eigenvalue weighted by atomic mass is 16.5. The molecule has 0 aliphatic heterocycles. The summed E-state index contributed by atoms with van der Waals surface area (Å²) in [6.45, 7) is 10.7. The topological polar surface area (TPSA) is 58.6 Å². The first-order chi connectivity index (χ1) is 9.97. The Morgan fingerprint density at radius 3 is 2.62 bits per heavy atom. The maximum absolute atomic E-state index is 12.1. The molecule has 0 unspecified atom stereocenters. The van der Waals surface area contributed by atoms with E-state index in [0.717, 1.165) is 5.57 Å². The number of esters is 1. The van der Waals surface area contributed by atoms with E-state index in [1.54, 1.807) is 36.1 Å². The first kappa shape index (κ1) is 16.8. The van der Waals surface area contributed by atoms with Gasteiger partial charge in [0.15, 0.2) is 0 Å². The summed E-state index contributed by atoms with van der Waals surface area (Å²) in [5.74, 6) is -0.400. The third kappa shape index (κ3) is 5.30. The molecule has 2 amide bonds. The minimum absolute atomic E-state index is 0.221. The summed E-state index contributed by atoms with van der Waals surface area (Å²) < 4.78 is 4.94. The van der Waals surface area contributed by atoms with Crippen LogP contribution < -0.4 is 5.32 Å². The van der Waals surface area contributed by atoms with E-state index in [1.165, 1.54) is 0 Å². The number of anilines is 1. The van der Waals surface area contributed by atoms with E-state index in [1.807, 2.05) is 13.8 Å². The molecule has 0 aromatic heterocycles. The fourth-order valence-electron chi connectivity index (χ4n) is 1.79. The summed E-state index contributed by atoms with van der Waals surface area (Å²) in [5.41, 5.74) is 1.88. The van der Waals surface area contributed by atoms with Crippen LogP contribution in [0.4, 0.5) is 10.5 Å². The first-order valence-corrected chi connectivity index (χ1v) is 6.95. The highest BCUT2D eigenvalue weighted by Gasteiger charge is 2.13. The van der Waals surface area contributed by atoms with Crippen molar-refractivity contribution in [2.24, 2.45) is 0 Å². The lowest BCUT2D eigenvalue weighted by Gasteiger charge is -2.21. The molecular formula is C16H22N2O3. The van der Waals surface area contributed by atoms with Gasteiger partial charge in [-0.3, -0.25) is 0 Å². The van der Waals surface area contributed by atoms with E-state index in [9.17, 15) is 9.59 Å². The molecule has 0 atom stereocenters. The smallest absolute Gasteiger partial charge is 0.338 e. The van der Waals surface area contributed by atoms with Crippen molar-refractivity contribution in [2.75, 3.05) is 25.0 Å². The fourth-order valence-corrected chi connectivity index (χ4v) is 1.79. The number of carbonyl (C=O) groups excluding carboxylic acids is 2. The van der Waals surface area contributed by atoms with Crippen LogP contribution in [0.2, 0.25) is 0 Å². The van der Waals surface area contributed by atoms with E-state index in [0.29, 0.717) is 30.9 Å². The Labute approximate surface area is 125 Å². The molecule has 1 aromatic carbocycles. The van der Waals surface area contributed by atoms with Gasteiger partial charge in [0.1, 0.15) is 0 Å². The zero-order valence-corrected chi connectivity index (χ0v) is 12.8. The van der Waals surface area contributed by atoms with Crippen LogP contribution in [0.3, 0.4) is 0 Å². The molecule has 5 heteroatoms. The highest BCUT2D eigenvalue weighted by molar-refractivity contribution is 5.94. The van der Waals surface area contributed by atoms with Crippen LogP contribution in [0.1, 0.15) is 31.1 Å². The van der Waals surface area contributed by atoms with Gasteiger partial charge in [0, 0.05) is 18.8 Å². The molecule has 1 rings (SSSR count). The van der Waals surface area contributed by atoms with Crippen molar-refractivity contribution in [1.82, 2.24) is 4.90 Å². The number of amides is 2. The van der Waals surface area contributed by atoms with Gasteiger partial charge in [-0.15, -0.1) is 0 Å². The average molecular weight is 290 g/mol. The minimum atomic E-state index is -0.400. The van der Waals surface area contributed by atoms with Crippen LogP contribution in [0.25, 0.3) is 0 Å². The predicted molar refractivity (Wildman–Crippen MR) is 83.5 cm³/mol. The minimum Gasteiger partial charge on any atom is -0.462 e. The van der Waals surface area contributed by atoms with Crippen LogP contribution >= 0.6 is 0 Å². The van der Waals surface area contributed by atoms with Crippen molar-refractivity contribution >= 4 is 17.7 Å². The highest BCUT2D eigenvalue weighted by Crippen LogP contribution is 2.13. The van der Waals surface area contributed by atoms with Crippen molar-refractivity contribution in [3.8, 4) is 0 Å². The molecule has 0 heterocycles. The van der Waals surface area contributed by atoms with Gasteiger partial charge in [-0.1, -0.05) is 18.2 Å². The number of ether oxygens (including phenoxy) is 1. The van der Waals surface area contributed by atoms with Crippen molar-refractivity contribution in [2.45, 2.75) is 20.8 Å². The van der Waals surface area contributed by atoms with Gasteiger partial charge in [-0.25, -0.2) is 9.59 Å². The number of hydrogen-bond acceptors (Lipinski definition) is 3. The molecule has 114 valence electrons.